The average Bonchev–Trinajstić information content (AvgIpc) is 2.16. The van der Waals surface area contributed by atoms with E-state index < -0.39 is 0 Å². The molecule has 0 radical (unpaired) electrons. The highest BCUT2D eigenvalue weighted by Gasteiger charge is 2.25. The van der Waals surface area contributed by atoms with Crippen molar-refractivity contribution >= 4 is 5.78 Å². The molecule has 0 aliphatic heterocycles. The summed E-state index contributed by atoms with van der Waals surface area (Å²) in [5.41, 5.74) is 6.01. The van der Waals surface area contributed by atoms with Gasteiger partial charge in [0.05, 0.1) is 0 Å². The smallest absolute Gasteiger partial charge is 0.131 e. The third-order valence-electron chi connectivity index (χ3n) is 3.95. The van der Waals surface area contributed by atoms with Crippen molar-refractivity contribution in [1.29, 1.82) is 0 Å². The van der Waals surface area contributed by atoms with Gasteiger partial charge < -0.3 is 5.73 Å². The van der Waals surface area contributed by atoms with Gasteiger partial charge in [0.25, 0.3) is 0 Å². The van der Waals surface area contributed by atoms with Gasteiger partial charge >= 0.3 is 0 Å². The van der Waals surface area contributed by atoms with Crippen molar-refractivity contribution in [1.82, 2.24) is 0 Å². The quantitative estimate of drug-likeness (QED) is 0.781. The van der Waals surface area contributed by atoms with Gasteiger partial charge in [0, 0.05) is 12.5 Å². The number of carbonyl (C=O) groups excluding carboxylic acids is 1. The summed E-state index contributed by atoms with van der Waals surface area (Å²) in [4.78, 5) is 11.0. The van der Waals surface area contributed by atoms with Crippen LogP contribution in [-0.2, 0) is 4.79 Å². The SMILES string of the molecule is CC(=O)CC(N)CC1CCCC(C(C)C)C1. The molecule has 1 aliphatic carbocycles. The summed E-state index contributed by atoms with van der Waals surface area (Å²) in [7, 11) is 0. The van der Waals surface area contributed by atoms with Gasteiger partial charge in [-0.25, -0.2) is 0 Å². The summed E-state index contributed by atoms with van der Waals surface area (Å²) in [6.45, 7) is 6.28. The van der Waals surface area contributed by atoms with Crippen LogP contribution < -0.4 is 5.73 Å². The lowest BCUT2D eigenvalue weighted by atomic mass is 9.74. The Balaban J connectivity index is 2.33. The summed E-state index contributed by atoms with van der Waals surface area (Å²) in [5, 5.41) is 0. The minimum Gasteiger partial charge on any atom is -0.327 e. The van der Waals surface area contributed by atoms with Crippen LogP contribution in [0.15, 0.2) is 0 Å². The van der Waals surface area contributed by atoms with Crippen molar-refractivity contribution in [3.63, 3.8) is 0 Å². The summed E-state index contributed by atoms with van der Waals surface area (Å²) in [6.07, 6.45) is 6.97. The van der Waals surface area contributed by atoms with Crippen LogP contribution >= 0.6 is 0 Å². The highest BCUT2D eigenvalue weighted by Crippen LogP contribution is 2.35. The predicted molar refractivity (Wildman–Crippen MR) is 68.2 cm³/mol. The van der Waals surface area contributed by atoms with Gasteiger partial charge in [0.1, 0.15) is 5.78 Å². The number of ketones is 1. The van der Waals surface area contributed by atoms with Gasteiger partial charge in [-0.2, -0.15) is 0 Å². The standard InChI is InChI=1S/C14H27NO/c1-10(2)13-6-4-5-12(8-13)9-14(15)7-11(3)16/h10,12-14H,4-9,15H2,1-3H3. The first-order valence-electron chi connectivity index (χ1n) is 6.74. The molecule has 3 unspecified atom stereocenters. The van der Waals surface area contributed by atoms with Crippen molar-refractivity contribution in [3.05, 3.63) is 0 Å². The molecule has 0 heterocycles. The lowest BCUT2D eigenvalue weighted by Crippen LogP contribution is -2.29. The first kappa shape index (κ1) is 13.7. The van der Waals surface area contributed by atoms with Crippen LogP contribution in [0.25, 0.3) is 0 Å². The van der Waals surface area contributed by atoms with E-state index in [2.05, 4.69) is 13.8 Å². The summed E-state index contributed by atoms with van der Waals surface area (Å²) in [6, 6.07) is 0.0911. The zero-order valence-corrected chi connectivity index (χ0v) is 11.0. The number of Topliss-reactive ketones (excluding diaryl/α,β-unsaturated/α-hetero) is 1. The zero-order valence-electron chi connectivity index (χ0n) is 11.0. The fraction of sp³-hybridized carbons (Fsp3) is 0.929. The van der Waals surface area contributed by atoms with E-state index in [-0.39, 0.29) is 11.8 Å². The van der Waals surface area contributed by atoms with Gasteiger partial charge in [-0.15, -0.1) is 0 Å². The molecule has 94 valence electrons. The molecule has 1 saturated carbocycles. The van der Waals surface area contributed by atoms with E-state index in [1.54, 1.807) is 6.92 Å². The van der Waals surface area contributed by atoms with E-state index in [0.29, 0.717) is 6.42 Å². The van der Waals surface area contributed by atoms with Crippen LogP contribution in [0.5, 0.6) is 0 Å². The number of hydrogen-bond donors (Lipinski definition) is 1. The van der Waals surface area contributed by atoms with Gasteiger partial charge in [-0.05, 0) is 37.5 Å². The molecule has 0 spiro atoms. The van der Waals surface area contributed by atoms with Crippen LogP contribution in [0.4, 0.5) is 0 Å². The lowest BCUT2D eigenvalue weighted by Gasteiger charge is -2.32. The van der Waals surface area contributed by atoms with E-state index in [1.807, 2.05) is 0 Å². The predicted octanol–water partition coefficient (Wildman–Crippen LogP) is 3.15. The third-order valence-corrected chi connectivity index (χ3v) is 3.95. The molecule has 1 fully saturated rings. The van der Waals surface area contributed by atoms with Crippen molar-refractivity contribution in [2.24, 2.45) is 23.5 Å². The van der Waals surface area contributed by atoms with E-state index in [4.69, 9.17) is 5.73 Å². The molecule has 0 bridgehead atoms. The Bertz CT molecular complexity index is 225. The Hall–Kier alpha value is -0.370. The molecule has 0 saturated heterocycles. The van der Waals surface area contributed by atoms with E-state index in [1.165, 1.54) is 25.7 Å². The Morgan fingerprint density at radius 1 is 1.38 bits per heavy atom. The summed E-state index contributed by atoms with van der Waals surface area (Å²) in [5.74, 6) is 2.66. The first-order chi connectivity index (χ1) is 7.49. The minimum atomic E-state index is 0.0911. The summed E-state index contributed by atoms with van der Waals surface area (Å²) < 4.78 is 0. The van der Waals surface area contributed by atoms with Crippen LogP contribution in [-0.4, -0.2) is 11.8 Å². The molecule has 16 heavy (non-hydrogen) atoms. The lowest BCUT2D eigenvalue weighted by molar-refractivity contribution is -0.117. The molecule has 2 N–H and O–H groups in total. The normalized spacial score (nSPS) is 28.1. The second-order valence-electron chi connectivity index (χ2n) is 5.94. The molecule has 2 nitrogen and oxygen atoms in total. The monoisotopic (exact) mass is 225 g/mol. The molecule has 2 heteroatoms. The molecule has 0 aromatic rings. The largest absolute Gasteiger partial charge is 0.327 e. The highest BCUT2D eigenvalue weighted by molar-refractivity contribution is 5.76. The van der Waals surface area contributed by atoms with Crippen LogP contribution in [0.1, 0.15) is 59.3 Å². The Kier molecular flexibility index (Phi) is 5.47. The van der Waals surface area contributed by atoms with Crippen molar-refractivity contribution < 1.29 is 4.79 Å². The Morgan fingerprint density at radius 3 is 2.62 bits per heavy atom. The molecular formula is C14H27NO. The second kappa shape index (κ2) is 6.39. The van der Waals surface area contributed by atoms with Gasteiger partial charge in [-0.1, -0.05) is 33.1 Å². The number of carbonyl (C=O) groups is 1. The fourth-order valence-electron chi connectivity index (χ4n) is 3.03. The minimum absolute atomic E-state index is 0.0911. The van der Waals surface area contributed by atoms with Crippen LogP contribution in [0.2, 0.25) is 0 Å². The maximum Gasteiger partial charge on any atom is 0.131 e. The first-order valence-corrected chi connectivity index (χ1v) is 6.74. The molecule has 1 aliphatic rings. The van der Waals surface area contributed by atoms with Crippen molar-refractivity contribution in [2.75, 3.05) is 0 Å². The van der Waals surface area contributed by atoms with Gasteiger partial charge in [0.2, 0.25) is 0 Å². The van der Waals surface area contributed by atoms with E-state index >= 15 is 0 Å². The maximum atomic E-state index is 11.0. The highest BCUT2D eigenvalue weighted by atomic mass is 16.1. The third kappa shape index (κ3) is 4.65. The van der Waals surface area contributed by atoms with Crippen LogP contribution in [0.3, 0.4) is 0 Å². The molecule has 1 rings (SSSR count). The summed E-state index contributed by atoms with van der Waals surface area (Å²) >= 11 is 0. The molecule has 0 amide bonds. The van der Waals surface area contributed by atoms with E-state index in [0.717, 1.165) is 24.2 Å². The molecule has 3 atom stereocenters. The van der Waals surface area contributed by atoms with Crippen molar-refractivity contribution in [3.8, 4) is 0 Å². The topological polar surface area (TPSA) is 43.1 Å². The van der Waals surface area contributed by atoms with Gasteiger partial charge in [0.15, 0.2) is 0 Å². The number of hydrogen-bond acceptors (Lipinski definition) is 2. The maximum absolute atomic E-state index is 11.0. The second-order valence-corrected chi connectivity index (χ2v) is 5.94. The molecule has 0 aromatic heterocycles. The zero-order chi connectivity index (χ0) is 12.1. The number of nitrogens with two attached hydrogens (primary N) is 1. The molecule has 0 aromatic carbocycles. The van der Waals surface area contributed by atoms with Gasteiger partial charge in [-0.3, -0.25) is 4.79 Å². The number of rotatable bonds is 5. The fourth-order valence-corrected chi connectivity index (χ4v) is 3.03. The Morgan fingerprint density at radius 2 is 2.06 bits per heavy atom. The van der Waals surface area contributed by atoms with E-state index in [9.17, 15) is 4.79 Å². The molecular weight excluding hydrogens is 198 g/mol. The Labute approximate surface area is 100.0 Å². The van der Waals surface area contributed by atoms with Crippen LogP contribution in [0, 0.1) is 17.8 Å². The average molecular weight is 225 g/mol. The van der Waals surface area contributed by atoms with Crippen molar-refractivity contribution in [2.45, 2.75) is 65.3 Å².